The highest BCUT2D eigenvalue weighted by atomic mass is 19.1. The van der Waals surface area contributed by atoms with Gasteiger partial charge in [-0.05, 0) is 54.8 Å². The minimum atomic E-state index is -0.885. The van der Waals surface area contributed by atoms with E-state index in [2.05, 4.69) is 21.2 Å². The van der Waals surface area contributed by atoms with Crippen molar-refractivity contribution in [2.45, 2.75) is 18.9 Å². The lowest BCUT2D eigenvalue weighted by Gasteiger charge is -2.09. The smallest absolute Gasteiger partial charge is 0.329 e. The van der Waals surface area contributed by atoms with Crippen molar-refractivity contribution >= 4 is 29.6 Å². The van der Waals surface area contributed by atoms with Crippen LogP contribution in [0.5, 0.6) is 5.75 Å². The minimum absolute atomic E-state index is 0.0595. The molecule has 0 spiro atoms. The van der Waals surface area contributed by atoms with Crippen LogP contribution in [0.15, 0.2) is 53.6 Å². The van der Waals surface area contributed by atoms with E-state index in [1.165, 1.54) is 30.5 Å². The van der Waals surface area contributed by atoms with E-state index in [-0.39, 0.29) is 19.3 Å². The molecule has 1 aliphatic rings. The summed E-state index contributed by atoms with van der Waals surface area (Å²) >= 11 is 0. The Hall–Kier alpha value is -3.79. The zero-order valence-electron chi connectivity index (χ0n) is 17.2. The number of halogens is 1. The molecule has 0 bridgehead atoms. The maximum absolute atomic E-state index is 12.9. The van der Waals surface area contributed by atoms with Crippen molar-refractivity contribution in [3.63, 3.8) is 0 Å². The Kier molecular flexibility index (Phi) is 8.27. The Morgan fingerprint density at radius 2 is 1.97 bits per heavy atom. The van der Waals surface area contributed by atoms with Gasteiger partial charge in [0.15, 0.2) is 6.61 Å². The predicted molar refractivity (Wildman–Crippen MR) is 115 cm³/mol. The molecule has 0 aromatic heterocycles. The summed E-state index contributed by atoms with van der Waals surface area (Å²) in [4.78, 5) is 35.5. The number of carbonyl (C=O) groups is 3. The van der Waals surface area contributed by atoms with Crippen LogP contribution in [-0.2, 0) is 19.1 Å². The number of nitrogens with one attached hydrogen (secondary N) is 3. The number of rotatable bonds is 8. The van der Waals surface area contributed by atoms with Gasteiger partial charge in [0.25, 0.3) is 5.91 Å². The lowest BCUT2D eigenvalue weighted by molar-refractivity contribution is -0.139. The van der Waals surface area contributed by atoms with Gasteiger partial charge in [0.2, 0.25) is 0 Å². The standard InChI is InChI=1S/C22H23FN4O5/c23-16-6-8-17(9-7-16)26-20(28)14-32-18-4-1-3-15(11-18)12-25-27-22(30)21(29)24-13-19-5-2-10-31-19/h1,3-4,6-9,11-12,19H,2,5,10,13-14H2,(H,24,29)(H,26,28)(H,27,30)/b25-12-/t19-/m1/s1. The molecule has 2 aromatic rings. The molecule has 9 nitrogen and oxygen atoms in total. The average Bonchev–Trinajstić information content (AvgIpc) is 3.31. The first kappa shape index (κ1) is 22.9. The van der Waals surface area contributed by atoms with Gasteiger partial charge in [-0.15, -0.1) is 0 Å². The van der Waals surface area contributed by atoms with Gasteiger partial charge in [0.1, 0.15) is 11.6 Å². The second-order valence-electron chi connectivity index (χ2n) is 6.96. The zero-order chi connectivity index (χ0) is 22.8. The van der Waals surface area contributed by atoms with E-state index in [1.54, 1.807) is 24.3 Å². The van der Waals surface area contributed by atoms with Gasteiger partial charge < -0.3 is 20.1 Å². The van der Waals surface area contributed by atoms with Gasteiger partial charge in [-0.3, -0.25) is 14.4 Å². The molecule has 0 unspecified atom stereocenters. The Morgan fingerprint density at radius 1 is 1.16 bits per heavy atom. The lowest BCUT2D eigenvalue weighted by atomic mass is 10.2. The van der Waals surface area contributed by atoms with Crippen molar-refractivity contribution in [1.29, 1.82) is 0 Å². The molecule has 3 amide bonds. The summed E-state index contributed by atoms with van der Waals surface area (Å²) in [7, 11) is 0. The van der Waals surface area contributed by atoms with E-state index in [4.69, 9.17) is 9.47 Å². The largest absolute Gasteiger partial charge is 0.484 e. The number of benzene rings is 2. The number of anilines is 1. The summed E-state index contributed by atoms with van der Waals surface area (Å²) in [5.41, 5.74) is 3.19. The van der Waals surface area contributed by atoms with E-state index in [0.29, 0.717) is 23.6 Å². The number of nitrogens with zero attached hydrogens (tertiary/aromatic N) is 1. The van der Waals surface area contributed by atoms with Crippen molar-refractivity contribution in [3.05, 3.63) is 59.9 Å². The molecule has 32 heavy (non-hydrogen) atoms. The predicted octanol–water partition coefficient (Wildman–Crippen LogP) is 1.59. The van der Waals surface area contributed by atoms with E-state index in [9.17, 15) is 18.8 Å². The summed E-state index contributed by atoms with van der Waals surface area (Å²) in [5.74, 6) is -2.07. The first-order valence-corrected chi connectivity index (χ1v) is 10.0. The van der Waals surface area contributed by atoms with Gasteiger partial charge in [0.05, 0.1) is 12.3 Å². The monoisotopic (exact) mass is 442 g/mol. The van der Waals surface area contributed by atoms with E-state index < -0.39 is 23.5 Å². The Morgan fingerprint density at radius 3 is 2.72 bits per heavy atom. The summed E-state index contributed by atoms with van der Waals surface area (Å²) in [5, 5.41) is 8.85. The summed E-state index contributed by atoms with van der Waals surface area (Å²) < 4.78 is 23.7. The number of amides is 3. The van der Waals surface area contributed by atoms with E-state index >= 15 is 0 Å². The molecule has 0 aliphatic carbocycles. The van der Waals surface area contributed by atoms with Crippen molar-refractivity contribution < 1.29 is 28.2 Å². The molecule has 1 heterocycles. The fourth-order valence-electron chi connectivity index (χ4n) is 2.87. The molecule has 2 aromatic carbocycles. The first-order valence-electron chi connectivity index (χ1n) is 10.0. The molecule has 0 radical (unpaired) electrons. The van der Waals surface area contributed by atoms with Crippen LogP contribution in [0.1, 0.15) is 18.4 Å². The SMILES string of the molecule is O=C(COc1cccc(/C=N\NC(=O)C(=O)NC[C@H]2CCCO2)c1)Nc1ccc(F)cc1. The highest BCUT2D eigenvalue weighted by Gasteiger charge is 2.18. The number of hydrogen-bond donors (Lipinski definition) is 3. The maximum atomic E-state index is 12.9. The highest BCUT2D eigenvalue weighted by molar-refractivity contribution is 6.35. The number of hydrogen-bond acceptors (Lipinski definition) is 6. The van der Waals surface area contributed by atoms with Gasteiger partial charge in [0, 0.05) is 18.8 Å². The average molecular weight is 442 g/mol. The quantitative estimate of drug-likeness (QED) is 0.326. The summed E-state index contributed by atoms with van der Waals surface area (Å²) in [6.45, 7) is 0.697. The third-order valence-electron chi connectivity index (χ3n) is 4.46. The molecule has 0 saturated carbocycles. The fraction of sp³-hybridized carbons (Fsp3) is 0.273. The van der Waals surface area contributed by atoms with Crippen LogP contribution < -0.4 is 20.8 Å². The van der Waals surface area contributed by atoms with Crippen LogP contribution in [0.2, 0.25) is 0 Å². The van der Waals surface area contributed by atoms with Gasteiger partial charge >= 0.3 is 11.8 Å². The van der Waals surface area contributed by atoms with Crippen molar-refractivity contribution in [3.8, 4) is 5.75 Å². The lowest BCUT2D eigenvalue weighted by Crippen LogP contribution is -2.41. The molecule has 10 heteroatoms. The van der Waals surface area contributed by atoms with Crippen LogP contribution in [0.25, 0.3) is 0 Å². The van der Waals surface area contributed by atoms with Crippen LogP contribution in [0.4, 0.5) is 10.1 Å². The van der Waals surface area contributed by atoms with Gasteiger partial charge in [-0.25, -0.2) is 9.82 Å². The highest BCUT2D eigenvalue weighted by Crippen LogP contribution is 2.13. The second-order valence-corrected chi connectivity index (χ2v) is 6.96. The maximum Gasteiger partial charge on any atom is 0.329 e. The molecular weight excluding hydrogens is 419 g/mol. The molecule has 1 saturated heterocycles. The van der Waals surface area contributed by atoms with Gasteiger partial charge in [-0.1, -0.05) is 12.1 Å². The van der Waals surface area contributed by atoms with Crippen molar-refractivity contribution in [2.75, 3.05) is 25.1 Å². The molecular formula is C22H23FN4O5. The van der Waals surface area contributed by atoms with Gasteiger partial charge in [-0.2, -0.15) is 5.10 Å². The first-order chi connectivity index (χ1) is 15.5. The molecule has 168 valence electrons. The number of ether oxygens (including phenoxy) is 2. The molecule has 1 aliphatic heterocycles. The third-order valence-corrected chi connectivity index (χ3v) is 4.46. The normalized spacial score (nSPS) is 15.3. The van der Waals surface area contributed by atoms with Crippen LogP contribution >= 0.6 is 0 Å². The van der Waals surface area contributed by atoms with Crippen molar-refractivity contribution in [2.24, 2.45) is 5.10 Å². The fourth-order valence-corrected chi connectivity index (χ4v) is 2.87. The summed E-state index contributed by atoms with van der Waals surface area (Å²) in [6.07, 6.45) is 3.08. The Balaban J connectivity index is 1.41. The minimum Gasteiger partial charge on any atom is -0.484 e. The number of hydrazone groups is 1. The Labute approximate surface area is 184 Å². The Bertz CT molecular complexity index is 975. The van der Waals surface area contributed by atoms with Crippen LogP contribution in [0.3, 0.4) is 0 Å². The summed E-state index contributed by atoms with van der Waals surface area (Å²) in [6, 6.07) is 12.0. The molecule has 3 N–H and O–H groups in total. The third kappa shape index (κ3) is 7.47. The van der Waals surface area contributed by atoms with Crippen LogP contribution in [0, 0.1) is 5.82 Å². The molecule has 1 atom stereocenters. The molecule has 3 rings (SSSR count). The van der Waals surface area contributed by atoms with Crippen LogP contribution in [-0.4, -0.2) is 49.8 Å². The van der Waals surface area contributed by atoms with E-state index in [1.807, 2.05) is 0 Å². The molecule has 1 fully saturated rings. The second kappa shape index (κ2) is 11.6. The topological polar surface area (TPSA) is 118 Å². The van der Waals surface area contributed by atoms with E-state index in [0.717, 1.165) is 12.8 Å². The zero-order valence-corrected chi connectivity index (χ0v) is 17.2. The van der Waals surface area contributed by atoms with Crippen molar-refractivity contribution in [1.82, 2.24) is 10.7 Å². The number of carbonyl (C=O) groups excluding carboxylic acids is 3.